The second kappa shape index (κ2) is 5.84. The Bertz CT molecular complexity index is 598. The van der Waals surface area contributed by atoms with E-state index in [0.717, 1.165) is 47.8 Å². The van der Waals surface area contributed by atoms with Crippen molar-refractivity contribution in [2.75, 3.05) is 24.5 Å². The van der Waals surface area contributed by atoms with Crippen LogP contribution in [0.25, 0.3) is 11.0 Å². The molecule has 1 aromatic heterocycles. The highest BCUT2D eigenvalue weighted by molar-refractivity contribution is 7.00. The number of aromatic nitrogens is 2. The lowest BCUT2D eigenvalue weighted by atomic mass is 10.0. The Kier molecular flexibility index (Phi) is 4.10. The molecule has 4 nitrogen and oxygen atoms in total. The summed E-state index contributed by atoms with van der Waals surface area (Å²) in [7, 11) is 0. The van der Waals surface area contributed by atoms with Gasteiger partial charge in [-0.15, -0.1) is 0 Å². The predicted octanol–water partition coefficient (Wildman–Crippen LogP) is 3.17. The minimum Gasteiger partial charge on any atom is -0.367 e. The smallest absolute Gasteiger partial charge is 0.129 e. The molecule has 0 radical (unpaired) electrons. The molecule has 1 N–H and O–H groups in total. The third-order valence-electron chi connectivity index (χ3n) is 3.90. The molecule has 2 aromatic rings. The zero-order chi connectivity index (χ0) is 14.1. The van der Waals surface area contributed by atoms with Gasteiger partial charge in [-0.25, -0.2) is 0 Å². The molecular weight excluding hydrogens is 292 g/mol. The fourth-order valence-electron chi connectivity index (χ4n) is 2.71. The minimum atomic E-state index is 0.482. The van der Waals surface area contributed by atoms with Crippen molar-refractivity contribution in [2.45, 2.75) is 26.3 Å². The maximum absolute atomic E-state index is 6.45. The van der Waals surface area contributed by atoms with E-state index in [1.807, 2.05) is 12.1 Å². The first kappa shape index (κ1) is 14.0. The zero-order valence-corrected chi connectivity index (χ0v) is 13.3. The van der Waals surface area contributed by atoms with E-state index in [9.17, 15) is 0 Å². The average molecular weight is 311 g/mol. The van der Waals surface area contributed by atoms with Crippen molar-refractivity contribution in [3.8, 4) is 0 Å². The highest BCUT2D eigenvalue weighted by Gasteiger charge is 2.24. The van der Waals surface area contributed by atoms with Crippen LogP contribution in [0.4, 0.5) is 5.69 Å². The standard InChI is InChI=1S/C14H19ClN4S/c1-9(2)12-8-19(7-3-6-16-12)14-10(15)4-5-11-13(14)18-20-17-11/h4-5,9,12,16H,3,6-8H2,1-2H3. The molecule has 3 rings (SSSR count). The molecule has 108 valence electrons. The van der Waals surface area contributed by atoms with Crippen LogP contribution >= 0.6 is 23.3 Å². The summed E-state index contributed by atoms with van der Waals surface area (Å²) in [6, 6.07) is 4.36. The lowest BCUT2D eigenvalue weighted by molar-refractivity contribution is 0.420. The van der Waals surface area contributed by atoms with Gasteiger partial charge in [0.25, 0.3) is 0 Å². The van der Waals surface area contributed by atoms with Gasteiger partial charge in [0.05, 0.1) is 22.4 Å². The van der Waals surface area contributed by atoms with Crippen LogP contribution in [0, 0.1) is 5.92 Å². The van der Waals surface area contributed by atoms with E-state index in [2.05, 4.69) is 32.8 Å². The van der Waals surface area contributed by atoms with Crippen molar-refractivity contribution in [2.24, 2.45) is 5.92 Å². The van der Waals surface area contributed by atoms with Crippen LogP contribution in [0.3, 0.4) is 0 Å². The largest absolute Gasteiger partial charge is 0.367 e. The number of hydrogen-bond donors (Lipinski definition) is 1. The van der Waals surface area contributed by atoms with Crippen LogP contribution in [0.15, 0.2) is 12.1 Å². The number of anilines is 1. The van der Waals surface area contributed by atoms with Crippen LogP contribution in [0.5, 0.6) is 0 Å². The fourth-order valence-corrected chi connectivity index (χ4v) is 3.52. The van der Waals surface area contributed by atoms with Crippen molar-refractivity contribution in [3.05, 3.63) is 17.2 Å². The quantitative estimate of drug-likeness (QED) is 0.925. The van der Waals surface area contributed by atoms with E-state index in [1.165, 1.54) is 11.7 Å². The second-order valence-electron chi connectivity index (χ2n) is 5.63. The van der Waals surface area contributed by atoms with E-state index < -0.39 is 0 Å². The van der Waals surface area contributed by atoms with Gasteiger partial charge in [-0.3, -0.25) is 0 Å². The molecule has 1 aromatic carbocycles. The van der Waals surface area contributed by atoms with Crippen LogP contribution in [-0.4, -0.2) is 34.4 Å². The van der Waals surface area contributed by atoms with Gasteiger partial charge in [-0.1, -0.05) is 25.4 Å². The first-order chi connectivity index (χ1) is 9.66. The molecule has 0 amide bonds. The van der Waals surface area contributed by atoms with Crippen LogP contribution in [0.1, 0.15) is 20.3 Å². The summed E-state index contributed by atoms with van der Waals surface area (Å²) in [5, 5.41) is 4.40. The van der Waals surface area contributed by atoms with E-state index in [0.29, 0.717) is 12.0 Å². The summed E-state index contributed by atoms with van der Waals surface area (Å²) in [6.45, 7) is 7.55. The first-order valence-corrected chi connectivity index (χ1v) is 8.16. The molecule has 0 spiro atoms. The maximum Gasteiger partial charge on any atom is 0.129 e. The number of nitrogens with zero attached hydrogens (tertiary/aromatic N) is 3. The Hall–Kier alpha value is -0.910. The van der Waals surface area contributed by atoms with Gasteiger partial charge in [0, 0.05) is 19.1 Å². The molecule has 1 fully saturated rings. The summed E-state index contributed by atoms with van der Waals surface area (Å²) >= 11 is 7.70. The summed E-state index contributed by atoms with van der Waals surface area (Å²) < 4.78 is 8.76. The Labute approximate surface area is 128 Å². The number of hydrogen-bond acceptors (Lipinski definition) is 5. The molecule has 1 saturated heterocycles. The van der Waals surface area contributed by atoms with E-state index in [-0.39, 0.29) is 0 Å². The lowest BCUT2D eigenvalue weighted by Gasteiger charge is -2.29. The Balaban J connectivity index is 2.00. The minimum absolute atomic E-state index is 0.482. The van der Waals surface area contributed by atoms with E-state index in [1.54, 1.807) is 0 Å². The van der Waals surface area contributed by atoms with Crippen molar-refractivity contribution >= 4 is 40.0 Å². The summed E-state index contributed by atoms with van der Waals surface area (Å²) in [4.78, 5) is 2.37. The molecule has 0 aliphatic carbocycles. The zero-order valence-electron chi connectivity index (χ0n) is 11.8. The molecule has 1 aliphatic rings. The van der Waals surface area contributed by atoms with Gasteiger partial charge < -0.3 is 10.2 Å². The van der Waals surface area contributed by atoms with Crippen molar-refractivity contribution in [1.29, 1.82) is 0 Å². The number of fused-ring (bicyclic) bond motifs is 1. The van der Waals surface area contributed by atoms with Crippen molar-refractivity contribution in [1.82, 2.24) is 14.1 Å². The average Bonchev–Trinajstić information content (AvgIpc) is 2.74. The van der Waals surface area contributed by atoms with Gasteiger partial charge in [0.2, 0.25) is 0 Å². The molecule has 2 heterocycles. The summed E-state index contributed by atoms with van der Waals surface area (Å²) in [6.07, 6.45) is 1.12. The third-order valence-corrected chi connectivity index (χ3v) is 4.75. The van der Waals surface area contributed by atoms with Crippen LogP contribution in [-0.2, 0) is 0 Å². The van der Waals surface area contributed by atoms with Crippen molar-refractivity contribution in [3.63, 3.8) is 0 Å². The monoisotopic (exact) mass is 310 g/mol. The molecule has 20 heavy (non-hydrogen) atoms. The van der Waals surface area contributed by atoms with Gasteiger partial charge in [-0.05, 0) is 31.0 Å². The van der Waals surface area contributed by atoms with Crippen molar-refractivity contribution < 1.29 is 0 Å². The first-order valence-electron chi connectivity index (χ1n) is 7.06. The summed E-state index contributed by atoms with van der Waals surface area (Å²) in [5.74, 6) is 0.599. The molecule has 0 bridgehead atoms. The number of benzene rings is 1. The highest BCUT2D eigenvalue weighted by Crippen LogP contribution is 2.34. The molecule has 1 unspecified atom stereocenters. The normalized spacial score (nSPS) is 20.6. The van der Waals surface area contributed by atoms with E-state index >= 15 is 0 Å². The van der Waals surface area contributed by atoms with Crippen LogP contribution in [0.2, 0.25) is 5.02 Å². The molecule has 1 atom stereocenters. The Morgan fingerprint density at radius 2 is 2.25 bits per heavy atom. The second-order valence-corrected chi connectivity index (χ2v) is 6.57. The maximum atomic E-state index is 6.45. The predicted molar refractivity (Wildman–Crippen MR) is 85.9 cm³/mol. The van der Waals surface area contributed by atoms with Gasteiger partial charge >= 0.3 is 0 Å². The lowest BCUT2D eigenvalue weighted by Crippen LogP contribution is -2.41. The Morgan fingerprint density at radius 1 is 1.40 bits per heavy atom. The molecule has 0 saturated carbocycles. The number of rotatable bonds is 2. The van der Waals surface area contributed by atoms with Gasteiger partial charge in [-0.2, -0.15) is 8.75 Å². The van der Waals surface area contributed by atoms with Crippen LogP contribution < -0.4 is 10.2 Å². The molecule has 1 aliphatic heterocycles. The number of nitrogens with one attached hydrogen (secondary N) is 1. The SMILES string of the molecule is CC(C)C1CN(c2c(Cl)ccc3nsnc23)CCCN1. The molecule has 6 heteroatoms. The number of halogens is 1. The molecular formula is C14H19ClN4S. The van der Waals surface area contributed by atoms with Gasteiger partial charge in [0.1, 0.15) is 11.0 Å². The Morgan fingerprint density at radius 3 is 3.05 bits per heavy atom. The summed E-state index contributed by atoms with van der Waals surface area (Å²) in [5.41, 5.74) is 2.92. The fraction of sp³-hybridized carbons (Fsp3) is 0.571. The third kappa shape index (κ3) is 2.62. The highest BCUT2D eigenvalue weighted by atomic mass is 35.5. The topological polar surface area (TPSA) is 41.1 Å². The van der Waals surface area contributed by atoms with E-state index in [4.69, 9.17) is 11.6 Å². The van der Waals surface area contributed by atoms with Gasteiger partial charge in [0.15, 0.2) is 0 Å².